The van der Waals surface area contributed by atoms with Crippen LogP contribution in [0.15, 0.2) is 12.3 Å². The van der Waals surface area contributed by atoms with E-state index in [1.54, 1.807) is 10.7 Å². The van der Waals surface area contributed by atoms with E-state index in [9.17, 15) is 4.79 Å². The number of halogens is 1. The summed E-state index contributed by atoms with van der Waals surface area (Å²) in [4.78, 5) is 15.5. The lowest BCUT2D eigenvalue weighted by Crippen LogP contribution is -2.32. The Labute approximate surface area is 158 Å². The van der Waals surface area contributed by atoms with E-state index in [1.165, 1.54) is 0 Å². The molecular formula is C18H26ClN5O2. The van der Waals surface area contributed by atoms with Crippen LogP contribution in [0.1, 0.15) is 57.6 Å². The van der Waals surface area contributed by atoms with Crippen LogP contribution in [-0.4, -0.2) is 44.3 Å². The summed E-state index contributed by atoms with van der Waals surface area (Å²) in [7, 11) is 0. The topological polar surface area (TPSA) is 91.5 Å². The minimum Gasteiger partial charge on any atom is -0.480 e. The molecule has 2 atom stereocenters. The summed E-state index contributed by atoms with van der Waals surface area (Å²) < 4.78 is 1.76. The quantitative estimate of drug-likeness (QED) is 0.651. The molecule has 2 aromatic heterocycles. The lowest BCUT2D eigenvalue weighted by atomic mass is 9.99. The number of nitrogens with zero attached hydrogens (tertiary/aromatic N) is 3. The Morgan fingerprint density at radius 2 is 2.12 bits per heavy atom. The summed E-state index contributed by atoms with van der Waals surface area (Å²) in [5.41, 5.74) is 1.71. The molecule has 0 spiro atoms. The highest BCUT2D eigenvalue weighted by atomic mass is 35.5. The molecule has 142 valence electrons. The molecule has 1 saturated carbocycles. The first-order chi connectivity index (χ1) is 12.5. The van der Waals surface area contributed by atoms with Gasteiger partial charge in [0.2, 0.25) is 0 Å². The van der Waals surface area contributed by atoms with Crippen LogP contribution in [0.25, 0.3) is 5.65 Å². The van der Waals surface area contributed by atoms with Crippen molar-refractivity contribution in [2.45, 2.75) is 64.0 Å². The van der Waals surface area contributed by atoms with Gasteiger partial charge in [0.1, 0.15) is 10.8 Å². The average molecular weight is 380 g/mol. The van der Waals surface area contributed by atoms with Crippen LogP contribution in [0.3, 0.4) is 0 Å². The molecule has 0 unspecified atom stereocenters. The van der Waals surface area contributed by atoms with E-state index in [0.717, 1.165) is 43.6 Å². The van der Waals surface area contributed by atoms with Crippen LogP contribution in [0.5, 0.6) is 0 Å². The van der Waals surface area contributed by atoms with Gasteiger partial charge in [0.25, 0.3) is 0 Å². The fraction of sp³-hybridized carbons (Fsp3) is 0.611. The summed E-state index contributed by atoms with van der Waals surface area (Å²) >= 11 is 6.28. The molecule has 3 rings (SSSR count). The first-order valence-electron chi connectivity index (χ1n) is 9.27. The number of rotatable bonds is 8. The first-order valence-corrected chi connectivity index (χ1v) is 9.65. The third-order valence-electron chi connectivity index (χ3n) is 5.18. The predicted molar refractivity (Wildman–Crippen MR) is 102 cm³/mol. The van der Waals surface area contributed by atoms with Crippen molar-refractivity contribution < 1.29 is 9.90 Å². The van der Waals surface area contributed by atoms with Crippen molar-refractivity contribution in [3.8, 4) is 0 Å². The molecule has 0 amide bonds. The number of carbonyl (C=O) groups is 1. The fourth-order valence-corrected chi connectivity index (χ4v) is 3.88. The summed E-state index contributed by atoms with van der Waals surface area (Å²) in [6, 6.07) is 2.57. The smallest absolute Gasteiger partial charge is 0.317 e. The Bertz CT molecular complexity index is 774. The number of hydrogen-bond acceptors (Lipinski definition) is 5. The van der Waals surface area contributed by atoms with Gasteiger partial charge >= 0.3 is 5.97 Å². The average Bonchev–Trinajstić information content (AvgIpc) is 3.21. The first kappa shape index (κ1) is 18.9. The molecule has 2 heterocycles. The molecule has 0 saturated heterocycles. The monoisotopic (exact) mass is 379 g/mol. The Hall–Kier alpha value is -1.86. The molecule has 7 nitrogen and oxygen atoms in total. The molecule has 26 heavy (non-hydrogen) atoms. The number of aromatic nitrogens is 3. The molecule has 0 aliphatic heterocycles. The Morgan fingerprint density at radius 3 is 2.81 bits per heavy atom. The third-order valence-corrected chi connectivity index (χ3v) is 5.45. The van der Waals surface area contributed by atoms with Gasteiger partial charge in [0.05, 0.1) is 12.7 Å². The number of aliphatic carboxylic acids is 1. The van der Waals surface area contributed by atoms with Crippen molar-refractivity contribution in [3.63, 3.8) is 0 Å². The molecule has 2 aromatic rings. The second-order valence-corrected chi connectivity index (χ2v) is 7.34. The van der Waals surface area contributed by atoms with Crippen LogP contribution in [0, 0.1) is 0 Å². The lowest BCUT2D eigenvalue weighted by molar-refractivity contribution is -0.136. The maximum atomic E-state index is 10.7. The van der Waals surface area contributed by atoms with Crippen LogP contribution in [0.2, 0.25) is 5.02 Å². The zero-order valence-electron chi connectivity index (χ0n) is 15.2. The van der Waals surface area contributed by atoms with Crippen molar-refractivity contribution in [2.75, 3.05) is 11.9 Å². The zero-order chi connectivity index (χ0) is 18.7. The van der Waals surface area contributed by atoms with Gasteiger partial charge in [-0.2, -0.15) is 9.61 Å². The number of fused-ring (bicyclic) bond motifs is 1. The van der Waals surface area contributed by atoms with Crippen LogP contribution in [0.4, 0.5) is 5.82 Å². The molecular weight excluding hydrogens is 354 g/mol. The van der Waals surface area contributed by atoms with Gasteiger partial charge in [0, 0.05) is 29.8 Å². The number of hydrogen-bond donors (Lipinski definition) is 3. The number of nitrogens with one attached hydrogen (secondary N) is 2. The van der Waals surface area contributed by atoms with Gasteiger partial charge in [-0.15, -0.1) is 0 Å². The highest BCUT2D eigenvalue weighted by molar-refractivity contribution is 6.33. The van der Waals surface area contributed by atoms with Gasteiger partial charge in [-0.25, -0.2) is 4.98 Å². The van der Waals surface area contributed by atoms with Crippen molar-refractivity contribution >= 4 is 29.0 Å². The minimum absolute atomic E-state index is 0.00445. The Morgan fingerprint density at radius 1 is 1.38 bits per heavy atom. The van der Waals surface area contributed by atoms with Gasteiger partial charge in [-0.1, -0.05) is 25.4 Å². The lowest BCUT2D eigenvalue weighted by Gasteiger charge is -2.19. The van der Waals surface area contributed by atoms with Gasteiger partial charge in [0.15, 0.2) is 5.65 Å². The summed E-state index contributed by atoms with van der Waals surface area (Å²) in [5, 5.41) is 20.4. The number of carboxylic acids is 1. The molecule has 0 bridgehead atoms. The van der Waals surface area contributed by atoms with Crippen molar-refractivity contribution in [2.24, 2.45) is 0 Å². The van der Waals surface area contributed by atoms with Crippen LogP contribution in [-0.2, 0) is 4.79 Å². The van der Waals surface area contributed by atoms with Crippen molar-refractivity contribution in [3.05, 3.63) is 23.0 Å². The maximum absolute atomic E-state index is 10.7. The fourth-order valence-electron chi connectivity index (χ4n) is 3.71. The van der Waals surface area contributed by atoms with E-state index >= 15 is 0 Å². The van der Waals surface area contributed by atoms with Crippen molar-refractivity contribution in [1.29, 1.82) is 0 Å². The van der Waals surface area contributed by atoms with Gasteiger partial charge in [-0.05, 0) is 32.1 Å². The normalized spacial score (nSPS) is 20.2. The van der Waals surface area contributed by atoms with Crippen LogP contribution >= 0.6 is 11.6 Å². The molecule has 1 fully saturated rings. The van der Waals surface area contributed by atoms with Gasteiger partial charge < -0.3 is 15.7 Å². The predicted octanol–water partition coefficient (Wildman–Crippen LogP) is 3.29. The van der Waals surface area contributed by atoms with E-state index in [1.807, 2.05) is 0 Å². The standard InChI is InChI=1S/C18H26ClN5O2/c1-3-11(4-2)15-8-16(24-18(23-15)14(19)9-21-24)22-13-6-5-12(7-13)20-10-17(25)26/h8-9,11-13,20,22H,3-7,10H2,1-2H3,(H,25,26)/t12-,13-/m0/s1. The van der Waals surface area contributed by atoms with E-state index < -0.39 is 5.97 Å². The zero-order valence-corrected chi connectivity index (χ0v) is 16.0. The van der Waals surface area contributed by atoms with E-state index in [4.69, 9.17) is 21.7 Å². The Kier molecular flexibility index (Phi) is 5.98. The molecule has 0 radical (unpaired) electrons. The summed E-state index contributed by atoms with van der Waals surface area (Å²) in [6.07, 6.45) is 6.49. The SMILES string of the molecule is CCC(CC)c1cc(N[C@H]2CC[C@H](NCC(=O)O)C2)n2ncc(Cl)c2n1. The molecule has 8 heteroatoms. The maximum Gasteiger partial charge on any atom is 0.317 e. The van der Waals surface area contributed by atoms with E-state index in [2.05, 4.69) is 35.6 Å². The second-order valence-electron chi connectivity index (χ2n) is 6.93. The van der Waals surface area contributed by atoms with Crippen LogP contribution < -0.4 is 10.6 Å². The van der Waals surface area contributed by atoms with Crippen molar-refractivity contribution in [1.82, 2.24) is 19.9 Å². The van der Waals surface area contributed by atoms with E-state index in [0.29, 0.717) is 16.6 Å². The van der Waals surface area contributed by atoms with E-state index in [-0.39, 0.29) is 18.6 Å². The Balaban J connectivity index is 1.80. The largest absolute Gasteiger partial charge is 0.480 e. The highest BCUT2D eigenvalue weighted by Crippen LogP contribution is 2.29. The minimum atomic E-state index is -0.821. The second kappa shape index (κ2) is 8.22. The molecule has 1 aliphatic carbocycles. The number of anilines is 1. The molecule has 1 aliphatic rings. The third kappa shape index (κ3) is 4.10. The summed E-state index contributed by atoms with van der Waals surface area (Å²) in [6.45, 7) is 4.34. The molecule has 0 aromatic carbocycles. The number of carboxylic acid groups (broad SMARTS) is 1. The summed E-state index contributed by atoms with van der Waals surface area (Å²) in [5.74, 6) is 0.464. The highest BCUT2D eigenvalue weighted by Gasteiger charge is 2.26. The van der Waals surface area contributed by atoms with Gasteiger partial charge in [-0.3, -0.25) is 4.79 Å². The molecule has 3 N–H and O–H groups in total.